The van der Waals surface area contributed by atoms with Crippen LogP contribution < -0.4 is 10.6 Å². The summed E-state index contributed by atoms with van der Waals surface area (Å²) in [5, 5.41) is 21.9. The predicted molar refractivity (Wildman–Crippen MR) is 162 cm³/mol. The van der Waals surface area contributed by atoms with E-state index in [-0.39, 0.29) is 30.7 Å². The number of hydrogen-bond donors (Lipinski definition) is 3. The fourth-order valence-electron chi connectivity index (χ4n) is 7.97. The lowest BCUT2D eigenvalue weighted by Crippen LogP contribution is -2.56. The highest BCUT2D eigenvalue weighted by molar-refractivity contribution is 7.98. The maximum Gasteiger partial charge on any atom is 0.252 e. The number of aromatic nitrogens is 2. The van der Waals surface area contributed by atoms with E-state index in [4.69, 9.17) is 4.74 Å². The first-order valence-corrected chi connectivity index (χ1v) is 15.4. The van der Waals surface area contributed by atoms with Crippen LogP contribution in [-0.2, 0) is 22.8 Å². The number of nitrogens with zero attached hydrogens (tertiary/aromatic N) is 2. The van der Waals surface area contributed by atoms with Gasteiger partial charge in [0.2, 0.25) is 0 Å². The third kappa shape index (κ3) is 2.95. The highest BCUT2D eigenvalue weighted by Gasteiger charge is 2.52. The molecule has 1 fully saturated rings. The van der Waals surface area contributed by atoms with Gasteiger partial charge in [0.05, 0.1) is 34.2 Å². The third-order valence-corrected chi connectivity index (χ3v) is 10.6. The molecule has 5 heterocycles. The molecule has 8 rings (SSSR count). The number of fused-ring (bicyclic) bond motifs is 13. The highest BCUT2D eigenvalue weighted by Crippen LogP contribution is 2.54. The van der Waals surface area contributed by atoms with Gasteiger partial charge in [-0.15, -0.1) is 0 Å². The van der Waals surface area contributed by atoms with Crippen molar-refractivity contribution in [2.24, 2.45) is 5.92 Å². The summed E-state index contributed by atoms with van der Waals surface area (Å²) in [4.78, 5) is 13.6. The molecule has 4 atom stereocenters. The Bertz CT molecular complexity index is 1910. The molecule has 2 unspecified atom stereocenters. The van der Waals surface area contributed by atoms with Gasteiger partial charge in [-0.3, -0.25) is 4.79 Å². The van der Waals surface area contributed by atoms with Gasteiger partial charge >= 0.3 is 0 Å². The van der Waals surface area contributed by atoms with Gasteiger partial charge in [0.15, 0.2) is 5.72 Å². The van der Waals surface area contributed by atoms with Crippen molar-refractivity contribution in [3.63, 3.8) is 0 Å². The first-order valence-electron chi connectivity index (χ1n) is 14.3. The Morgan fingerprint density at radius 2 is 1.95 bits per heavy atom. The number of hydrogen-bond acceptors (Lipinski definition) is 5. The lowest BCUT2D eigenvalue weighted by molar-refractivity contribution is -0.234. The summed E-state index contributed by atoms with van der Waals surface area (Å²) < 4.78 is 11.9. The van der Waals surface area contributed by atoms with Gasteiger partial charge < -0.3 is 29.6 Å². The number of ether oxygens (including phenoxy) is 1. The Labute approximate surface area is 236 Å². The van der Waals surface area contributed by atoms with Crippen molar-refractivity contribution in [2.45, 2.75) is 57.5 Å². The molecular formula is C32H34N4O3S. The number of thioether (sulfide) groups is 1. The maximum atomic E-state index is 13.6. The molecule has 3 aliphatic heterocycles. The van der Waals surface area contributed by atoms with E-state index in [2.05, 4.69) is 76.9 Å². The molecule has 206 valence electrons. The van der Waals surface area contributed by atoms with Gasteiger partial charge in [-0.1, -0.05) is 24.6 Å². The maximum absolute atomic E-state index is 13.6. The number of aliphatic hydroxyl groups is 1. The van der Waals surface area contributed by atoms with Crippen LogP contribution in [0.5, 0.6) is 0 Å². The zero-order valence-corrected chi connectivity index (χ0v) is 24.1. The van der Waals surface area contributed by atoms with Gasteiger partial charge in [0, 0.05) is 52.2 Å². The van der Waals surface area contributed by atoms with Crippen LogP contribution in [0.1, 0.15) is 53.5 Å². The summed E-state index contributed by atoms with van der Waals surface area (Å²) in [5.74, 6) is 1.83. The molecule has 0 saturated carbocycles. The minimum Gasteiger partial charge on any atom is -0.396 e. The molecule has 40 heavy (non-hydrogen) atoms. The van der Waals surface area contributed by atoms with E-state index in [1.54, 1.807) is 0 Å². The van der Waals surface area contributed by atoms with Crippen molar-refractivity contribution in [2.75, 3.05) is 19.4 Å². The number of rotatable bonds is 5. The summed E-state index contributed by atoms with van der Waals surface area (Å²) in [6.45, 7) is 6.95. The molecule has 5 aromatic rings. The molecule has 0 spiro atoms. The first kappa shape index (κ1) is 24.7. The number of carbonyl (C=O) groups excluding carboxylic acids is 1. The van der Waals surface area contributed by atoms with E-state index in [0.29, 0.717) is 6.54 Å². The molecule has 3 N–H and O–H groups in total. The van der Waals surface area contributed by atoms with E-state index in [0.717, 1.165) is 72.7 Å². The zero-order valence-electron chi connectivity index (χ0n) is 23.3. The summed E-state index contributed by atoms with van der Waals surface area (Å²) in [6.07, 6.45) is 0.461. The number of aliphatic hydroxyl groups excluding tert-OH is 1. The monoisotopic (exact) mass is 554 g/mol. The van der Waals surface area contributed by atoms with Crippen LogP contribution in [0.25, 0.3) is 43.6 Å². The molecule has 2 aromatic heterocycles. The van der Waals surface area contributed by atoms with Crippen LogP contribution in [-0.4, -0.2) is 45.6 Å². The van der Waals surface area contributed by atoms with Gasteiger partial charge in [-0.05, 0) is 62.0 Å². The van der Waals surface area contributed by atoms with Crippen LogP contribution in [0.2, 0.25) is 0 Å². The van der Waals surface area contributed by atoms with Crippen molar-refractivity contribution < 1.29 is 14.6 Å². The molecule has 7 nitrogen and oxygen atoms in total. The number of carbonyl (C=O) groups is 1. The summed E-state index contributed by atoms with van der Waals surface area (Å²) >= 11 is 1.91. The number of aryl methyl sites for hydroxylation is 1. The second-order valence-electron chi connectivity index (χ2n) is 11.7. The summed E-state index contributed by atoms with van der Waals surface area (Å²) in [7, 11) is 1.98. The summed E-state index contributed by atoms with van der Waals surface area (Å²) in [6, 6.07) is 13.4. The second kappa shape index (κ2) is 8.49. The van der Waals surface area contributed by atoms with E-state index in [9.17, 15) is 9.90 Å². The van der Waals surface area contributed by atoms with Crippen molar-refractivity contribution >= 4 is 61.3 Å². The fraction of sp³-hybridized carbons (Fsp3) is 0.406. The number of benzene rings is 3. The van der Waals surface area contributed by atoms with E-state index in [1.807, 2.05) is 18.8 Å². The van der Waals surface area contributed by atoms with Crippen LogP contribution in [0, 0.1) is 12.8 Å². The van der Waals surface area contributed by atoms with E-state index < -0.39 is 5.72 Å². The Balaban J connectivity index is 1.65. The van der Waals surface area contributed by atoms with Crippen LogP contribution in [0.4, 0.5) is 0 Å². The minimum absolute atomic E-state index is 0.00137. The lowest BCUT2D eigenvalue weighted by atomic mass is 9.84. The quantitative estimate of drug-likeness (QED) is 0.267. The van der Waals surface area contributed by atoms with Gasteiger partial charge in [-0.2, -0.15) is 11.8 Å². The molecule has 3 aromatic carbocycles. The summed E-state index contributed by atoms with van der Waals surface area (Å²) in [5.41, 5.74) is 7.84. The Morgan fingerprint density at radius 1 is 1.15 bits per heavy atom. The second-order valence-corrected chi connectivity index (χ2v) is 13.0. The van der Waals surface area contributed by atoms with Crippen molar-refractivity contribution in [1.29, 1.82) is 0 Å². The molecule has 1 amide bonds. The van der Waals surface area contributed by atoms with Gasteiger partial charge in [0.25, 0.3) is 5.91 Å². The number of amides is 1. The zero-order chi connectivity index (χ0) is 27.5. The Morgan fingerprint density at radius 3 is 2.73 bits per heavy atom. The predicted octanol–water partition coefficient (Wildman–Crippen LogP) is 5.51. The smallest absolute Gasteiger partial charge is 0.252 e. The van der Waals surface area contributed by atoms with E-state index in [1.165, 1.54) is 11.1 Å². The van der Waals surface area contributed by atoms with E-state index >= 15 is 0 Å². The number of nitrogens with one attached hydrogen (secondary N) is 2. The lowest BCUT2D eigenvalue weighted by Gasteiger charge is -2.48. The normalized spacial score (nSPS) is 25.4. The average Bonchev–Trinajstić information content (AvgIpc) is 3.58. The Kier molecular flexibility index (Phi) is 5.25. The minimum atomic E-state index is -0.805. The van der Waals surface area contributed by atoms with Crippen molar-refractivity contribution in [3.8, 4) is 0 Å². The fourth-order valence-corrected chi connectivity index (χ4v) is 8.59. The standard InChI is InChI=1S/C32H34N4O3S/c1-5-40-15-17-7-9-23-19(11-17)27-28-20(13-34-31(28)38)26-18-10-16(2)6-8-24(18)36-30(26)29(27)35(23)25-12-22(33-4)21(14-37)32(36,3)39-25/h6-11,21-22,25,33,37H,5,12-15H2,1-4H3,(H,34,38)/t21-,22+,25?,32?/m1/s1. The molecule has 8 heteroatoms. The van der Waals surface area contributed by atoms with Crippen molar-refractivity contribution in [1.82, 2.24) is 19.8 Å². The SMILES string of the molecule is CCSCc1ccc2c(c1)c1c3c(c4c5cc(C)ccc5n5c4c1n2C1C[C@H](NC)[C@@H](CO)C5(C)O1)CNC3=O. The first-order chi connectivity index (χ1) is 19.4. The Hall–Kier alpha value is -3.04. The molecular weight excluding hydrogens is 520 g/mol. The molecule has 0 aliphatic carbocycles. The largest absolute Gasteiger partial charge is 0.396 e. The topological polar surface area (TPSA) is 80.5 Å². The molecule has 1 saturated heterocycles. The highest BCUT2D eigenvalue weighted by atomic mass is 32.2. The van der Waals surface area contributed by atoms with Crippen molar-refractivity contribution in [3.05, 3.63) is 58.7 Å². The molecule has 0 radical (unpaired) electrons. The van der Waals surface area contributed by atoms with Gasteiger partial charge in [0.1, 0.15) is 6.23 Å². The molecule has 3 aliphatic rings. The molecule has 2 bridgehead atoms. The van der Waals surface area contributed by atoms with Gasteiger partial charge in [-0.25, -0.2) is 0 Å². The van der Waals surface area contributed by atoms with Crippen LogP contribution in [0.3, 0.4) is 0 Å². The average molecular weight is 555 g/mol. The third-order valence-electron chi connectivity index (χ3n) is 9.70. The van der Waals surface area contributed by atoms with Crippen LogP contribution in [0.15, 0.2) is 36.4 Å². The van der Waals surface area contributed by atoms with Crippen LogP contribution >= 0.6 is 11.8 Å².